The summed E-state index contributed by atoms with van der Waals surface area (Å²) in [5, 5.41) is 3.13. The second kappa shape index (κ2) is 7.11. The molecule has 0 heterocycles. The largest absolute Gasteiger partial charge is 0.350 e. The second-order valence-corrected chi connectivity index (χ2v) is 6.01. The molecule has 0 saturated heterocycles. The van der Waals surface area contributed by atoms with Crippen LogP contribution >= 0.6 is 39.1 Å². The maximum atomic E-state index is 12.0. The third-order valence-electron chi connectivity index (χ3n) is 2.78. The highest BCUT2D eigenvalue weighted by atomic mass is 79.9. The van der Waals surface area contributed by atoms with Crippen LogP contribution in [0.4, 0.5) is 0 Å². The van der Waals surface area contributed by atoms with Gasteiger partial charge >= 0.3 is 0 Å². The second-order valence-electron chi connectivity index (χ2n) is 4.22. The lowest BCUT2D eigenvalue weighted by molar-refractivity contribution is 0.0953. The zero-order chi connectivity index (χ0) is 14.5. The molecule has 1 amide bonds. The van der Waals surface area contributed by atoms with E-state index in [0.717, 1.165) is 5.56 Å². The Balaban J connectivity index is 1.97. The van der Waals surface area contributed by atoms with Crippen LogP contribution in [0.1, 0.15) is 21.3 Å². The Morgan fingerprint density at radius 1 is 1.20 bits per heavy atom. The number of halogens is 3. The zero-order valence-electron chi connectivity index (χ0n) is 10.4. The molecule has 0 radical (unpaired) electrons. The van der Waals surface area contributed by atoms with Gasteiger partial charge in [-0.05, 0) is 39.7 Å². The molecule has 0 aromatic heterocycles. The minimum Gasteiger partial charge on any atom is -0.350 e. The summed E-state index contributed by atoms with van der Waals surface area (Å²) in [5.74, 6) is -0.177. The first-order valence-corrected chi connectivity index (χ1v) is 7.61. The van der Waals surface area contributed by atoms with Gasteiger partial charge in [0.2, 0.25) is 0 Å². The van der Waals surface area contributed by atoms with Gasteiger partial charge in [-0.2, -0.15) is 0 Å². The topological polar surface area (TPSA) is 29.1 Å². The van der Waals surface area contributed by atoms with Crippen molar-refractivity contribution in [2.75, 3.05) is 6.54 Å². The quantitative estimate of drug-likeness (QED) is 0.766. The molecule has 0 fully saturated rings. The highest BCUT2D eigenvalue weighted by Crippen LogP contribution is 2.23. The molecule has 0 saturated carbocycles. The third kappa shape index (κ3) is 3.98. The van der Waals surface area contributed by atoms with Crippen LogP contribution in [0.15, 0.2) is 53.0 Å². The van der Waals surface area contributed by atoms with Crippen molar-refractivity contribution in [3.8, 4) is 0 Å². The molecule has 20 heavy (non-hydrogen) atoms. The van der Waals surface area contributed by atoms with E-state index in [1.165, 1.54) is 0 Å². The van der Waals surface area contributed by atoms with Gasteiger partial charge in [0.05, 0.1) is 10.4 Å². The van der Waals surface area contributed by atoms with Crippen LogP contribution in [0.2, 0.25) is 5.02 Å². The van der Waals surface area contributed by atoms with Crippen LogP contribution in [0.25, 0.3) is 0 Å². The van der Waals surface area contributed by atoms with Crippen molar-refractivity contribution in [3.05, 3.63) is 69.2 Å². The average molecular weight is 373 g/mol. The number of carbonyl (C=O) groups is 1. The van der Waals surface area contributed by atoms with Gasteiger partial charge in [-0.25, -0.2) is 0 Å². The molecule has 1 N–H and O–H groups in total. The number of hydrogen-bond donors (Lipinski definition) is 1. The smallest absolute Gasteiger partial charge is 0.251 e. The van der Waals surface area contributed by atoms with Crippen molar-refractivity contribution in [3.63, 3.8) is 0 Å². The SMILES string of the molecule is O=C(NCC(Cl)c1ccccc1)c1ccc(Cl)c(Br)c1. The van der Waals surface area contributed by atoms with Gasteiger partial charge in [0.15, 0.2) is 0 Å². The minimum atomic E-state index is -0.254. The molecule has 5 heteroatoms. The van der Waals surface area contributed by atoms with Gasteiger partial charge < -0.3 is 5.32 Å². The first-order chi connectivity index (χ1) is 9.58. The van der Waals surface area contributed by atoms with E-state index in [2.05, 4.69) is 21.2 Å². The summed E-state index contributed by atoms with van der Waals surface area (Å²) in [5.41, 5.74) is 1.52. The Kier molecular flexibility index (Phi) is 5.46. The molecule has 2 nitrogen and oxygen atoms in total. The number of nitrogens with one attached hydrogen (secondary N) is 1. The normalized spacial score (nSPS) is 11.9. The predicted molar refractivity (Wildman–Crippen MR) is 86.5 cm³/mol. The summed E-state index contributed by atoms with van der Waals surface area (Å²) in [7, 11) is 0. The molecule has 0 aliphatic heterocycles. The number of hydrogen-bond acceptors (Lipinski definition) is 1. The molecule has 0 spiro atoms. The summed E-state index contributed by atoms with van der Waals surface area (Å²) in [4.78, 5) is 12.0. The molecule has 2 aromatic carbocycles. The van der Waals surface area contributed by atoms with Gasteiger partial charge in [-0.3, -0.25) is 4.79 Å². The number of rotatable bonds is 4. The van der Waals surface area contributed by atoms with Gasteiger partial charge in [-0.15, -0.1) is 11.6 Å². The lowest BCUT2D eigenvalue weighted by Gasteiger charge is -2.11. The Hall–Kier alpha value is -1.03. The van der Waals surface area contributed by atoms with Gasteiger partial charge in [0.1, 0.15) is 0 Å². The lowest BCUT2D eigenvalue weighted by Crippen LogP contribution is -2.26. The number of benzene rings is 2. The maximum absolute atomic E-state index is 12.0. The molecule has 0 aliphatic carbocycles. The minimum absolute atomic E-state index is 0.177. The molecule has 2 aromatic rings. The molecular weight excluding hydrogens is 361 g/mol. The lowest BCUT2D eigenvalue weighted by atomic mass is 10.1. The molecule has 0 aliphatic rings. The molecule has 0 bridgehead atoms. The fraction of sp³-hybridized carbons (Fsp3) is 0.133. The maximum Gasteiger partial charge on any atom is 0.251 e. The van der Waals surface area contributed by atoms with Crippen LogP contribution in [0.5, 0.6) is 0 Å². The first kappa shape index (κ1) is 15.4. The third-order valence-corrected chi connectivity index (χ3v) is 4.41. The average Bonchev–Trinajstić information content (AvgIpc) is 2.48. The highest BCUT2D eigenvalue weighted by Gasteiger charge is 2.11. The van der Waals surface area contributed by atoms with Gasteiger partial charge in [0, 0.05) is 16.6 Å². The number of alkyl halides is 1. The van der Waals surface area contributed by atoms with Crippen molar-refractivity contribution in [1.82, 2.24) is 5.32 Å². The fourth-order valence-electron chi connectivity index (χ4n) is 1.70. The molecule has 2 rings (SSSR count). The van der Waals surface area contributed by atoms with E-state index in [0.29, 0.717) is 21.6 Å². The molecule has 1 atom stereocenters. The predicted octanol–water partition coefficient (Wildman–Crippen LogP) is 4.81. The Bertz CT molecular complexity index is 604. The van der Waals surface area contributed by atoms with Crippen molar-refractivity contribution in [2.45, 2.75) is 5.38 Å². The monoisotopic (exact) mass is 371 g/mol. The summed E-state index contributed by atoms with van der Waals surface area (Å²) in [6.45, 7) is 0.366. The van der Waals surface area contributed by atoms with Crippen LogP contribution in [-0.4, -0.2) is 12.5 Å². The highest BCUT2D eigenvalue weighted by molar-refractivity contribution is 9.10. The fourth-order valence-corrected chi connectivity index (χ4v) is 2.42. The first-order valence-electron chi connectivity index (χ1n) is 6.00. The Labute approximate surface area is 136 Å². The van der Waals surface area contributed by atoms with E-state index in [9.17, 15) is 4.79 Å². The summed E-state index contributed by atoms with van der Waals surface area (Å²) < 4.78 is 0.692. The van der Waals surface area contributed by atoms with Crippen LogP contribution in [0, 0.1) is 0 Å². The van der Waals surface area contributed by atoms with E-state index >= 15 is 0 Å². The zero-order valence-corrected chi connectivity index (χ0v) is 13.5. The summed E-state index contributed by atoms with van der Waals surface area (Å²) in [6, 6.07) is 14.7. The molecule has 1 unspecified atom stereocenters. The molecule has 104 valence electrons. The van der Waals surface area contributed by atoms with E-state index in [-0.39, 0.29) is 11.3 Å². The van der Waals surface area contributed by atoms with Gasteiger partial charge in [-0.1, -0.05) is 41.9 Å². The van der Waals surface area contributed by atoms with E-state index in [4.69, 9.17) is 23.2 Å². The van der Waals surface area contributed by atoms with Crippen molar-refractivity contribution in [1.29, 1.82) is 0 Å². The summed E-state index contributed by atoms with van der Waals surface area (Å²) >= 11 is 15.4. The van der Waals surface area contributed by atoms with Crippen molar-refractivity contribution >= 4 is 45.0 Å². The van der Waals surface area contributed by atoms with E-state index < -0.39 is 0 Å². The van der Waals surface area contributed by atoms with E-state index in [1.807, 2.05) is 30.3 Å². The van der Waals surface area contributed by atoms with Crippen LogP contribution in [-0.2, 0) is 0 Å². The standard InChI is InChI=1S/C15H12BrCl2NO/c16-12-8-11(6-7-13(12)17)15(20)19-9-14(18)10-4-2-1-3-5-10/h1-8,14H,9H2,(H,19,20). The van der Waals surface area contributed by atoms with Crippen LogP contribution in [0.3, 0.4) is 0 Å². The molecular formula is C15H12BrCl2NO. The van der Waals surface area contributed by atoms with Crippen LogP contribution < -0.4 is 5.32 Å². The number of carbonyl (C=O) groups excluding carboxylic acids is 1. The van der Waals surface area contributed by atoms with Gasteiger partial charge in [0.25, 0.3) is 5.91 Å². The van der Waals surface area contributed by atoms with Crippen molar-refractivity contribution in [2.24, 2.45) is 0 Å². The Morgan fingerprint density at radius 2 is 1.90 bits per heavy atom. The van der Waals surface area contributed by atoms with E-state index in [1.54, 1.807) is 18.2 Å². The Morgan fingerprint density at radius 3 is 2.55 bits per heavy atom. The number of amides is 1. The van der Waals surface area contributed by atoms with Crippen molar-refractivity contribution < 1.29 is 4.79 Å². The summed E-state index contributed by atoms with van der Waals surface area (Å²) in [6.07, 6.45) is 0.